The lowest BCUT2D eigenvalue weighted by molar-refractivity contribution is -0.132. The highest BCUT2D eigenvalue weighted by atomic mass is 16.5. The first-order valence-electron chi connectivity index (χ1n) is 11.1. The van der Waals surface area contributed by atoms with E-state index in [2.05, 4.69) is 4.98 Å². The Morgan fingerprint density at radius 3 is 2.31 bits per heavy atom. The van der Waals surface area contributed by atoms with Crippen LogP contribution in [0.25, 0.3) is 16.7 Å². The van der Waals surface area contributed by atoms with Crippen LogP contribution < -0.4 is 14.4 Å². The third-order valence-corrected chi connectivity index (χ3v) is 6.37. The molecule has 3 aromatic carbocycles. The van der Waals surface area contributed by atoms with Gasteiger partial charge >= 0.3 is 0 Å². The molecule has 0 saturated carbocycles. The van der Waals surface area contributed by atoms with Gasteiger partial charge in [0, 0.05) is 27.8 Å². The molecule has 1 fully saturated rings. The zero-order valence-corrected chi connectivity index (χ0v) is 19.5. The average Bonchev–Trinajstić information content (AvgIpc) is 3.35. The maximum Gasteiger partial charge on any atom is 0.300 e. The predicted octanol–water partition coefficient (Wildman–Crippen LogP) is 5.12. The normalized spacial score (nSPS) is 17.2. The zero-order chi connectivity index (χ0) is 24.7. The van der Waals surface area contributed by atoms with Crippen molar-refractivity contribution in [2.24, 2.45) is 0 Å². The molecule has 0 bridgehead atoms. The summed E-state index contributed by atoms with van der Waals surface area (Å²) < 4.78 is 10.7. The molecule has 7 nitrogen and oxygen atoms in total. The largest absolute Gasteiger partial charge is 0.507 e. The Hall–Kier alpha value is -4.52. The second-order valence-corrected chi connectivity index (χ2v) is 8.28. The number of fused-ring (bicyclic) bond motifs is 1. The molecule has 0 spiro atoms. The van der Waals surface area contributed by atoms with Gasteiger partial charge in [-0.2, -0.15) is 0 Å². The molecule has 1 aliphatic heterocycles. The predicted molar refractivity (Wildman–Crippen MR) is 134 cm³/mol. The van der Waals surface area contributed by atoms with Gasteiger partial charge in [0.25, 0.3) is 11.7 Å². The van der Waals surface area contributed by atoms with Crippen molar-refractivity contribution in [3.63, 3.8) is 0 Å². The molecule has 1 atom stereocenters. The number of ketones is 1. The van der Waals surface area contributed by atoms with E-state index in [1.807, 2.05) is 31.2 Å². The Kier molecular flexibility index (Phi) is 5.53. The fourth-order valence-electron chi connectivity index (χ4n) is 4.75. The highest BCUT2D eigenvalue weighted by Crippen LogP contribution is 2.46. The minimum atomic E-state index is -0.857. The second-order valence-electron chi connectivity index (χ2n) is 8.28. The number of amides is 1. The Balaban J connectivity index is 1.81. The number of ether oxygens (including phenoxy) is 2. The van der Waals surface area contributed by atoms with Gasteiger partial charge in [-0.25, -0.2) is 0 Å². The molecular formula is C28H24N2O5. The number of hydrogen-bond acceptors (Lipinski definition) is 5. The van der Waals surface area contributed by atoms with Crippen molar-refractivity contribution in [1.82, 2.24) is 4.98 Å². The SMILES string of the molecule is COc1ccc(N2C(=O)C(=O)/C(=C(/O)c3ccccc3OC)C2c2c(C)[nH]c3ccccc23)cc1. The number of anilines is 1. The van der Waals surface area contributed by atoms with Crippen LogP contribution in [0.2, 0.25) is 0 Å². The van der Waals surface area contributed by atoms with Crippen LogP contribution in [0, 0.1) is 6.92 Å². The quantitative estimate of drug-likeness (QED) is 0.241. The number of nitrogens with one attached hydrogen (secondary N) is 1. The number of H-pyrrole nitrogens is 1. The highest BCUT2D eigenvalue weighted by Gasteiger charge is 2.48. The van der Waals surface area contributed by atoms with Gasteiger partial charge < -0.3 is 19.6 Å². The van der Waals surface area contributed by atoms with Crippen LogP contribution >= 0.6 is 0 Å². The zero-order valence-electron chi connectivity index (χ0n) is 19.5. The van der Waals surface area contributed by atoms with Gasteiger partial charge in [-0.1, -0.05) is 30.3 Å². The van der Waals surface area contributed by atoms with Crippen molar-refractivity contribution in [3.05, 3.63) is 95.2 Å². The number of aliphatic hydroxyl groups excluding tert-OH is 1. The number of carbonyl (C=O) groups is 2. The molecule has 176 valence electrons. The first-order chi connectivity index (χ1) is 17.0. The van der Waals surface area contributed by atoms with E-state index in [1.165, 1.54) is 12.0 Å². The minimum Gasteiger partial charge on any atom is -0.507 e. The Labute approximate surface area is 202 Å². The maximum absolute atomic E-state index is 13.5. The van der Waals surface area contributed by atoms with Crippen molar-refractivity contribution >= 4 is 34.0 Å². The van der Waals surface area contributed by atoms with Crippen LogP contribution in [0.5, 0.6) is 11.5 Å². The van der Waals surface area contributed by atoms with Crippen molar-refractivity contribution in [1.29, 1.82) is 0 Å². The van der Waals surface area contributed by atoms with E-state index in [1.54, 1.807) is 55.6 Å². The molecule has 0 aliphatic carbocycles. The standard InChI is InChI=1S/C28H24N2O5/c1-16-23(19-8-4-6-10-21(19)29-16)25-24(26(31)20-9-5-7-11-22(20)35-3)27(32)28(33)30(25)17-12-14-18(34-2)15-13-17/h4-15,25,29,31H,1-3H3/b26-24+. The third-order valence-electron chi connectivity index (χ3n) is 6.37. The topological polar surface area (TPSA) is 91.9 Å². The molecule has 1 aliphatic rings. The van der Waals surface area contributed by atoms with E-state index in [0.717, 1.165) is 22.2 Å². The molecule has 4 aromatic rings. The van der Waals surface area contributed by atoms with Crippen LogP contribution in [0.3, 0.4) is 0 Å². The Bertz CT molecular complexity index is 1480. The van der Waals surface area contributed by atoms with Gasteiger partial charge in [-0.05, 0) is 49.4 Å². The molecule has 1 saturated heterocycles. The van der Waals surface area contributed by atoms with Crippen molar-refractivity contribution in [3.8, 4) is 11.5 Å². The number of carbonyl (C=O) groups excluding carboxylic acids is 2. The van der Waals surface area contributed by atoms with E-state index < -0.39 is 17.7 Å². The van der Waals surface area contributed by atoms with E-state index in [4.69, 9.17) is 9.47 Å². The fourth-order valence-corrected chi connectivity index (χ4v) is 4.75. The summed E-state index contributed by atoms with van der Waals surface area (Å²) in [5.41, 5.74) is 3.27. The lowest BCUT2D eigenvalue weighted by Crippen LogP contribution is -2.29. The number of benzene rings is 3. The van der Waals surface area contributed by atoms with Gasteiger partial charge in [-0.15, -0.1) is 0 Å². The van der Waals surface area contributed by atoms with Crippen LogP contribution in [-0.4, -0.2) is 36.0 Å². The molecule has 1 unspecified atom stereocenters. The molecule has 1 amide bonds. The lowest BCUT2D eigenvalue weighted by atomic mass is 9.93. The van der Waals surface area contributed by atoms with Crippen molar-refractivity contribution < 1.29 is 24.2 Å². The van der Waals surface area contributed by atoms with Gasteiger partial charge in [0.2, 0.25) is 0 Å². The van der Waals surface area contributed by atoms with Gasteiger partial charge in [0.05, 0.1) is 31.4 Å². The third kappa shape index (κ3) is 3.52. The smallest absolute Gasteiger partial charge is 0.300 e. The number of nitrogens with zero attached hydrogens (tertiary/aromatic N) is 1. The molecule has 0 radical (unpaired) electrons. The first kappa shape index (κ1) is 22.3. The number of aromatic nitrogens is 1. The van der Waals surface area contributed by atoms with E-state index in [9.17, 15) is 14.7 Å². The summed E-state index contributed by atoms with van der Waals surface area (Å²) in [5.74, 6) is -0.749. The highest BCUT2D eigenvalue weighted by molar-refractivity contribution is 6.52. The lowest BCUT2D eigenvalue weighted by Gasteiger charge is -2.26. The maximum atomic E-state index is 13.5. The number of aryl methyl sites for hydroxylation is 1. The van der Waals surface area contributed by atoms with Crippen LogP contribution in [0.4, 0.5) is 5.69 Å². The monoisotopic (exact) mass is 468 g/mol. The number of aliphatic hydroxyl groups is 1. The summed E-state index contributed by atoms with van der Waals surface area (Å²) in [4.78, 5) is 31.8. The van der Waals surface area contributed by atoms with Crippen molar-refractivity contribution in [2.75, 3.05) is 19.1 Å². The molecule has 2 heterocycles. The molecule has 2 N–H and O–H groups in total. The molecule has 5 rings (SSSR count). The van der Waals surface area contributed by atoms with Gasteiger partial charge in [-0.3, -0.25) is 14.5 Å². The summed E-state index contributed by atoms with van der Waals surface area (Å²) in [6.45, 7) is 1.90. The van der Waals surface area contributed by atoms with E-state index in [0.29, 0.717) is 22.7 Å². The van der Waals surface area contributed by atoms with Crippen LogP contribution in [0.15, 0.2) is 78.4 Å². The van der Waals surface area contributed by atoms with Gasteiger partial charge in [0.15, 0.2) is 0 Å². The van der Waals surface area contributed by atoms with Crippen LogP contribution in [0.1, 0.15) is 22.9 Å². The number of rotatable bonds is 5. The summed E-state index contributed by atoms with van der Waals surface area (Å²) in [6, 6.07) is 20.6. The molecule has 7 heteroatoms. The molecule has 1 aromatic heterocycles. The summed E-state index contributed by atoms with van der Waals surface area (Å²) in [7, 11) is 3.05. The second kappa shape index (κ2) is 8.68. The number of aromatic amines is 1. The number of para-hydroxylation sites is 2. The summed E-state index contributed by atoms with van der Waals surface area (Å²) >= 11 is 0. The Morgan fingerprint density at radius 1 is 0.914 bits per heavy atom. The first-order valence-corrected chi connectivity index (χ1v) is 11.1. The number of methoxy groups -OCH3 is 2. The number of hydrogen-bond donors (Lipinski definition) is 2. The number of Topliss-reactive ketones (excluding diaryl/α,β-unsaturated/α-hetero) is 1. The van der Waals surface area contributed by atoms with Crippen molar-refractivity contribution in [2.45, 2.75) is 13.0 Å². The van der Waals surface area contributed by atoms with Crippen LogP contribution in [-0.2, 0) is 9.59 Å². The molecule has 35 heavy (non-hydrogen) atoms. The minimum absolute atomic E-state index is 0.00294. The molecular weight excluding hydrogens is 444 g/mol. The fraction of sp³-hybridized carbons (Fsp3) is 0.143. The van der Waals surface area contributed by atoms with E-state index >= 15 is 0 Å². The van der Waals surface area contributed by atoms with Gasteiger partial charge in [0.1, 0.15) is 17.3 Å². The summed E-state index contributed by atoms with van der Waals surface area (Å²) in [5, 5.41) is 12.3. The average molecular weight is 469 g/mol. The summed E-state index contributed by atoms with van der Waals surface area (Å²) in [6.07, 6.45) is 0. The van der Waals surface area contributed by atoms with E-state index in [-0.39, 0.29) is 11.3 Å². The Morgan fingerprint density at radius 2 is 1.60 bits per heavy atom.